The predicted octanol–water partition coefficient (Wildman–Crippen LogP) is 5.86. The van der Waals surface area contributed by atoms with Crippen molar-refractivity contribution in [3.8, 4) is 0 Å². The van der Waals surface area contributed by atoms with Crippen LogP contribution in [0.3, 0.4) is 0 Å². The molecule has 5 nitrogen and oxygen atoms in total. The van der Waals surface area contributed by atoms with E-state index in [1.54, 1.807) is 6.07 Å². The molecule has 190 valence electrons. The van der Waals surface area contributed by atoms with Crippen LogP contribution in [0.15, 0.2) is 41.0 Å². The Morgan fingerprint density at radius 2 is 2.03 bits per heavy atom. The number of benzene rings is 1. The van der Waals surface area contributed by atoms with Crippen LogP contribution in [0.5, 0.6) is 0 Å². The highest BCUT2D eigenvalue weighted by Crippen LogP contribution is 2.58. The zero-order valence-corrected chi connectivity index (χ0v) is 21.3. The number of hydrogen-bond acceptors (Lipinski definition) is 4. The molecule has 2 fully saturated rings. The van der Waals surface area contributed by atoms with Gasteiger partial charge in [-0.1, -0.05) is 42.3 Å². The summed E-state index contributed by atoms with van der Waals surface area (Å²) in [6, 6.07) is 7.31. The molecule has 0 saturated heterocycles. The van der Waals surface area contributed by atoms with Gasteiger partial charge in [0.2, 0.25) is 0 Å². The maximum absolute atomic E-state index is 14.2. The summed E-state index contributed by atoms with van der Waals surface area (Å²) in [6.07, 6.45) is 8.45. The van der Waals surface area contributed by atoms with E-state index in [9.17, 15) is 13.9 Å². The lowest BCUT2D eigenvalue weighted by atomic mass is 9.62. The first kappa shape index (κ1) is 26.9. The number of hydrogen-bond donors (Lipinski definition) is 3. The van der Waals surface area contributed by atoms with Gasteiger partial charge in [-0.15, -0.1) is 0 Å². The van der Waals surface area contributed by atoms with Crippen LogP contribution in [0.25, 0.3) is 0 Å². The summed E-state index contributed by atoms with van der Waals surface area (Å²) >= 11 is 6.30. The van der Waals surface area contributed by atoms with Gasteiger partial charge in [-0.2, -0.15) is 5.10 Å². The molecule has 2 aliphatic carbocycles. The summed E-state index contributed by atoms with van der Waals surface area (Å²) in [5, 5.41) is 15.7. The number of amidine groups is 1. The number of nitrogens with zero attached hydrogens (tertiary/aromatic N) is 2. The molecule has 1 aromatic carbocycles. The normalized spacial score (nSPS) is 27.2. The molecule has 0 aliphatic heterocycles. The van der Waals surface area contributed by atoms with Crippen LogP contribution in [0.4, 0.5) is 8.78 Å². The topological polar surface area (TPSA) is 87.9 Å². The summed E-state index contributed by atoms with van der Waals surface area (Å²) in [5.74, 6) is 10.2. The number of aliphatic hydroxyl groups is 1. The lowest BCUT2D eigenvalue weighted by Gasteiger charge is -2.43. The lowest BCUT2D eigenvalue weighted by Crippen LogP contribution is -2.42. The molecule has 2 saturated carbocycles. The maximum Gasteiger partial charge on any atom is 0.275 e. The fraction of sp³-hybridized carbons (Fsp3) is 0.654. The summed E-state index contributed by atoms with van der Waals surface area (Å²) in [7, 11) is 0. The Morgan fingerprint density at radius 3 is 2.68 bits per heavy atom. The number of rotatable bonds is 8. The maximum atomic E-state index is 14.2. The quantitative estimate of drug-likeness (QED) is 0.138. The molecule has 0 bridgehead atoms. The highest BCUT2D eigenvalue weighted by atomic mass is 35.5. The number of nitrogens with two attached hydrogens (primary N) is 2. The molecule has 3 rings (SSSR count). The van der Waals surface area contributed by atoms with Crippen molar-refractivity contribution in [3.63, 3.8) is 0 Å². The number of alkyl halides is 2. The van der Waals surface area contributed by atoms with E-state index in [4.69, 9.17) is 23.3 Å². The SMILES string of the molecule is CC12CCC/C(=C\CN(N)/C(=N\N)c3ccccc3Cl)C1CCC2CCCC(F)(F)C(C)(C)O. The van der Waals surface area contributed by atoms with Gasteiger partial charge in [-0.05, 0) is 88.2 Å². The Hall–Kier alpha value is -1.70. The van der Waals surface area contributed by atoms with E-state index in [1.165, 1.54) is 24.4 Å². The van der Waals surface area contributed by atoms with E-state index in [1.807, 2.05) is 18.2 Å². The predicted molar refractivity (Wildman–Crippen MR) is 134 cm³/mol. The average molecular weight is 497 g/mol. The molecule has 0 radical (unpaired) electrons. The minimum atomic E-state index is -3.07. The Bertz CT molecular complexity index is 914. The van der Waals surface area contributed by atoms with E-state index in [2.05, 4.69) is 18.1 Å². The molecular formula is C26H39ClF2N4O. The van der Waals surface area contributed by atoms with Crippen molar-refractivity contribution < 1.29 is 13.9 Å². The van der Waals surface area contributed by atoms with E-state index in [0.717, 1.165) is 38.5 Å². The van der Waals surface area contributed by atoms with Gasteiger partial charge in [-0.3, -0.25) is 5.01 Å². The molecule has 0 amide bonds. The van der Waals surface area contributed by atoms with Gasteiger partial charge in [0, 0.05) is 12.0 Å². The van der Waals surface area contributed by atoms with Crippen LogP contribution in [-0.4, -0.2) is 34.0 Å². The molecule has 0 heterocycles. The second kappa shape index (κ2) is 10.5. The Balaban J connectivity index is 1.65. The Labute approximate surface area is 207 Å². The molecule has 1 aromatic rings. The summed E-state index contributed by atoms with van der Waals surface area (Å²) in [5.41, 5.74) is 0.203. The standard InChI is InChI=1S/C26H39ClF2N4O/c1-24(2,34)26(28,29)16-7-9-19-12-13-21-18(8-6-15-25(19,21)3)14-17-33(31)23(32-30)20-10-4-5-11-22(20)27/h4-5,10-11,14,19,21,34H,6-9,12-13,15-17,30-31H2,1-3H3/b18-14+,32-23-. The molecule has 3 unspecified atom stereocenters. The number of hydrazine groups is 1. The van der Waals surface area contributed by atoms with E-state index in [0.29, 0.717) is 41.2 Å². The van der Waals surface area contributed by atoms with Gasteiger partial charge >= 0.3 is 0 Å². The van der Waals surface area contributed by atoms with Crippen molar-refractivity contribution in [2.45, 2.75) is 83.7 Å². The number of halogens is 3. The van der Waals surface area contributed by atoms with Crippen molar-refractivity contribution in [3.05, 3.63) is 46.5 Å². The lowest BCUT2D eigenvalue weighted by molar-refractivity contribution is -0.166. The third kappa shape index (κ3) is 5.58. The van der Waals surface area contributed by atoms with Crippen LogP contribution < -0.4 is 11.7 Å². The third-order valence-corrected chi connectivity index (χ3v) is 8.49. The fourth-order valence-electron chi connectivity index (χ4n) is 5.98. The highest BCUT2D eigenvalue weighted by Gasteiger charge is 2.49. The van der Waals surface area contributed by atoms with Crippen LogP contribution >= 0.6 is 11.6 Å². The zero-order chi connectivity index (χ0) is 25.1. The average Bonchev–Trinajstić information content (AvgIpc) is 3.10. The number of allylic oxidation sites excluding steroid dienone is 1. The van der Waals surface area contributed by atoms with Gasteiger partial charge < -0.3 is 10.9 Å². The van der Waals surface area contributed by atoms with Crippen LogP contribution in [0, 0.1) is 17.3 Å². The van der Waals surface area contributed by atoms with Gasteiger partial charge in [0.25, 0.3) is 5.92 Å². The van der Waals surface area contributed by atoms with Crippen LogP contribution in [-0.2, 0) is 0 Å². The molecule has 0 aromatic heterocycles. The molecular weight excluding hydrogens is 458 g/mol. The monoisotopic (exact) mass is 496 g/mol. The fourth-order valence-corrected chi connectivity index (χ4v) is 6.20. The van der Waals surface area contributed by atoms with Crippen molar-refractivity contribution in [2.24, 2.45) is 34.0 Å². The zero-order valence-electron chi connectivity index (χ0n) is 20.5. The molecule has 0 spiro atoms. The van der Waals surface area contributed by atoms with E-state index in [-0.39, 0.29) is 11.8 Å². The minimum Gasteiger partial charge on any atom is -0.384 e. The first-order chi connectivity index (χ1) is 15.9. The van der Waals surface area contributed by atoms with Gasteiger partial charge in [0.05, 0.1) is 11.6 Å². The van der Waals surface area contributed by atoms with Gasteiger partial charge in [0.15, 0.2) is 5.84 Å². The smallest absolute Gasteiger partial charge is 0.275 e. The van der Waals surface area contributed by atoms with E-state index >= 15 is 0 Å². The van der Waals surface area contributed by atoms with Crippen molar-refractivity contribution in [1.29, 1.82) is 0 Å². The van der Waals surface area contributed by atoms with Crippen molar-refractivity contribution in [1.82, 2.24) is 5.01 Å². The largest absolute Gasteiger partial charge is 0.384 e. The van der Waals surface area contributed by atoms with E-state index < -0.39 is 11.5 Å². The Kier molecular flexibility index (Phi) is 8.31. The van der Waals surface area contributed by atoms with Gasteiger partial charge in [-0.25, -0.2) is 14.6 Å². The highest BCUT2D eigenvalue weighted by molar-refractivity contribution is 6.34. The molecule has 3 atom stereocenters. The summed E-state index contributed by atoms with van der Waals surface area (Å²) < 4.78 is 28.4. The molecule has 2 aliphatic rings. The molecule has 34 heavy (non-hydrogen) atoms. The number of fused-ring (bicyclic) bond motifs is 1. The second-order valence-corrected chi connectivity index (χ2v) is 11.1. The third-order valence-electron chi connectivity index (χ3n) is 8.16. The number of hydrazone groups is 1. The first-order valence-electron chi connectivity index (χ1n) is 12.2. The van der Waals surface area contributed by atoms with Crippen LogP contribution in [0.1, 0.15) is 77.7 Å². The first-order valence-corrected chi connectivity index (χ1v) is 12.6. The molecule has 5 N–H and O–H groups in total. The second-order valence-electron chi connectivity index (χ2n) is 10.7. The van der Waals surface area contributed by atoms with Crippen molar-refractivity contribution in [2.75, 3.05) is 6.54 Å². The Morgan fingerprint density at radius 1 is 1.32 bits per heavy atom. The van der Waals surface area contributed by atoms with Crippen molar-refractivity contribution >= 4 is 17.4 Å². The summed E-state index contributed by atoms with van der Waals surface area (Å²) in [4.78, 5) is 0. The minimum absolute atomic E-state index is 0.112. The molecule has 8 heteroatoms. The van der Waals surface area contributed by atoms with Crippen LogP contribution in [0.2, 0.25) is 5.02 Å². The van der Waals surface area contributed by atoms with Gasteiger partial charge in [0.1, 0.15) is 5.60 Å². The summed E-state index contributed by atoms with van der Waals surface area (Å²) in [6.45, 7) is 5.16.